The maximum atomic E-state index is 12.7. The number of amides is 1. The summed E-state index contributed by atoms with van der Waals surface area (Å²) in [5.41, 5.74) is 2.78. The Labute approximate surface area is 168 Å². The predicted molar refractivity (Wildman–Crippen MR) is 110 cm³/mol. The van der Waals surface area contributed by atoms with Gasteiger partial charge in [-0.15, -0.1) is 11.3 Å². The van der Waals surface area contributed by atoms with Crippen LogP contribution >= 0.6 is 11.3 Å². The molecule has 3 rings (SSSR count). The highest BCUT2D eigenvalue weighted by atomic mass is 32.1. The van der Waals surface area contributed by atoms with Crippen LogP contribution in [0, 0.1) is 0 Å². The Hall–Kier alpha value is -2.99. The van der Waals surface area contributed by atoms with Crippen LogP contribution in [0.5, 0.6) is 0 Å². The summed E-state index contributed by atoms with van der Waals surface area (Å²) in [6.45, 7) is 2.10. The third kappa shape index (κ3) is 5.50. The molecule has 0 bridgehead atoms. The molecule has 5 nitrogen and oxygen atoms in total. The minimum Gasteiger partial charge on any atom is -0.466 e. The molecule has 1 N–H and O–H groups in total. The number of ether oxygens (including phenoxy) is 1. The molecule has 0 spiro atoms. The number of rotatable bonds is 8. The molecule has 3 aromatic rings. The van der Waals surface area contributed by atoms with E-state index >= 15 is 0 Å². The van der Waals surface area contributed by atoms with Gasteiger partial charge >= 0.3 is 5.97 Å². The number of thiazole rings is 1. The number of benzene rings is 2. The molecule has 144 valence electrons. The van der Waals surface area contributed by atoms with Crippen molar-refractivity contribution in [2.24, 2.45) is 0 Å². The molecule has 0 aliphatic heterocycles. The monoisotopic (exact) mass is 394 g/mol. The van der Waals surface area contributed by atoms with E-state index in [0.717, 1.165) is 11.1 Å². The second-order valence-electron chi connectivity index (χ2n) is 6.25. The smallest absolute Gasteiger partial charge is 0.311 e. The number of anilines is 1. The second kappa shape index (κ2) is 9.80. The Morgan fingerprint density at radius 3 is 2.21 bits per heavy atom. The number of nitrogens with one attached hydrogen (secondary N) is 1. The van der Waals surface area contributed by atoms with Crippen LogP contribution < -0.4 is 5.32 Å². The topological polar surface area (TPSA) is 68.3 Å². The van der Waals surface area contributed by atoms with Gasteiger partial charge in [0.05, 0.1) is 18.7 Å². The molecule has 0 saturated heterocycles. The minimum absolute atomic E-state index is 0.0404. The highest BCUT2D eigenvalue weighted by Gasteiger charge is 2.19. The minimum atomic E-state index is -0.320. The van der Waals surface area contributed by atoms with Gasteiger partial charge in [-0.2, -0.15) is 0 Å². The Kier molecular flexibility index (Phi) is 6.92. The van der Waals surface area contributed by atoms with Gasteiger partial charge in [-0.05, 0) is 18.1 Å². The van der Waals surface area contributed by atoms with Crippen molar-refractivity contribution in [2.45, 2.75) is 25.7 Å². The van der Waals surface area contributed by atoms with E-state index in [1.807, 2.05) is 60.7 Å². The number of aromatic nitrogens is 1. The first-order chi connectivity index (χ1) is 13.7. The number of hydrogen-bond donors (Lipinski definition) is 1. The Morgan fingerprint density at radius 2 is 1.64 bits per heavy atom. The second-order valence-corrected chi connectivity index (χ2v) is 7.11. The normalized spacial score (nSPS) is 10.6. The number of hydrogen-bond acceptors (Lipinski definition) is 5. The molecule has 2 aromatic carbocycles. The van der Waals surface area contributed by atoms with Crippen LogP contribution in [0.4, 0.5) is 5.13 Å². The molecule has 0 radical (unpaired) electrons. The van der Waals surface area contributed by atoms with Crippen LogP contribution in [0.1, 0.15) is 36.1 Å². The van der Waals surface area contributed by atoms with Crippen LogP contribution in [-0.4, -0.2) is 23.5 Å². The van der Waals surface area contributed by atoms with Crippen LogP contribution in [-0.2, 0) is 20.7 Å². The summed E-state index contributed by atoms with van der Waals surface area (Å²) in [7, 11) is 0. The largest absolute Gasteiger partial charge is 0.466 e. The Bertz CT molecular complexity index is 870. The number of esters is 1. The zero-order chi connectivity index (χ0) is 19.8. The van der Waals surface area contributed by atoms with Crippen LogP contribution in [0.15, 0.2) is 66.0 Å². The van der Waals surface area contributed by atoms with Gasteiger partial charge in [-0.1, -0.05) is 60.7 Å². The molecular formula is C22H22N2O3S. The van der Waals surface area contributed by atoms with Gasteiger partial charge < -0.3 is 10.1 Å². The fourth-order valence-corrected chi connectivity index (χ4v) is 3.69. The highest BCUT2D eigenvalue weighted by molar-refractivity contribution is 7.13. The van der Waals surface area contributed by atoms with Gasteiger partial charge in [0.1, 0.15) is 0 Å². The lowest BCUT2D eigenvalue weighted by atomic mass is 9.88. The molecule has 1 aromatic heterocycles. The van der Waals surface area contributed by atoms with E-state index in [2.05, 4.69) is 10.3 Å². The Balaban J connectivity index is 1.68. The average Bonchev–Trinajstić information content (AvgIpc) is 3.14. The average molecular weight is 394 g/mol. The molecule has 1 amide bonds. The number of nitrogens with zero attached hydrogens (tertiary/aromatic N) is 1. The number of carbonyl (C=O) groups is 2. The highest BCUT2D eigenvalue weighted by Crippen LogP contribution is 2.28. The molecule has 1 heterocycles. The molecule has 0 fully saturated rings. The van der Waals surface area contributed by atoms with E-state index in [-0.39, 0.29) is 24.2 Å². The van der Waals surface area contributed by atoms with Gasteiger partial charge in [0.2, 0.25) is 5.91 Å². The van der Waals surface area contributed by atoms with Crippen LogP contribution in [0.2, 0.25) is 0 Å². The maximum Gasteiger partial charge on any atom is 0.311 e. The maximum absolute atomic E-state index is 12.7. The van der Waals surface area contributed by atoms with E-state index in [4.69, 9.17) is 4.74 Å². The standard InChI is InChI=1S/C22H22N2O3S/c1-2-27-21(26)13-18-15-28-22(23-18)24-20(25)14-19(16-9-5-3-6-10-16)17-11-7-4-8-12-17/h3-12,15,19H,2,13-14H2,1H3,(H,23,24,25). The SMILES string of the molecule is CCOC(=O)Cc1csc(NC(=O)CC(c2ccccc2)c2ccccc2)n1. The molecule has 0 unspecified atom stereocenters. The molecular weight excluding hydrogens is 372 g/mol. The lowest BCUT2D eigenvalue weighted by Crippen LogP contribution is -2.16. The molecule has 0 saturated carbocycles. The molecule has 0 aliphatic rings. The van der Waals surface area contributed by atoms with Crippen molar-refractivity contribution in [3.05, 3.63) is 82.9 Å². The van der Waals surface area contributed by atoms with E-state index in [0.29, 0.717) is 23.9 Å². The lowest BCUT2D eigenvalue weighted by Gasteiger charge is -2.17. The van der Waals surface area contributed by atoms with Gasteiger partial charge in [-0.3, -0.25) is 9.59 Å². The summed E-state index contributed by atoms with van der Waals surface area (Å²) in [6.07, 6.45) is 0.414. The van der Waals surface area contributed by atoms with Crippen molar-refractivity contribution in [3.8, 4) is 0 Å². The van der Waals surface area contributed by atoms with E-state index < -0.39 is 0 Å². The van der Waals surface area contributed by atoms with E-state index in [1.54, 1.807) is 12.3 Å². The van der Waals surface area contributed by atoms with Crippen molar-refractivity contribution in [3.63, 3.8) is 0 Å². The van der Waals surface area contributed by atoms with Crippen LogP contribution in [0.3, 0.4) is 0 Å². The fraction of sp³-hybridized carbons (Fsp3) is 0.227. The predicted octanol–water partition coefficient (Wildman–Crippen LogP) is 4.41. The van der Waals surface area contributed by atoms with Crippen molar-refractivity contribution >= 4 is 28.3 Å². The summed E-state index contributed by atoms with van der Waals surface area (Å²) < 4.78 is 4.93. The summed E-state index contributed by atoms with van der Waals surface area (Å²) in [4.78, 5) is 28.5. The summed E-state index contributed by atoms with van der Waals surface area (Å²) in [6, 6.07) is 20.0. The van der Waals surface area contributed by atoms with E-state index in [9.17, 15) is 9.59 Å². The van der Waals surface area contributed by atoms with Crippen molar-refractivity contribution < 1.29 is 14.3 Å². The van der Waals surface area contributed by atoms with Crippen LogP contribution in [0.25, 0.3) is 0 Å². The lowest BCUT2D eigenvalue weighted by molar-refractivity contribution is -0.142. The Morgan fingerprint density at radius 1 is 1.04 bits per heavy atom. The summed E-state index contributed by atoms with van der Waals surface area (Å²) in [5, 5.41) is 5.11. The van der Waals surface area contributed by atoms with Crippen molar-refractivity contribution in [2.75, 3.05) is 11.9 Å². The first-order valence-electron chi connectivity index (χ1n) is 9.15. The zero-order valence-electron chi connectivity index (χ0n) is 15.6. The molecule has 0 aliphatic carbocycles. The molecule has 28 heavy (non-hydrogen) atoms. The van der Waals surface area contributed by atoms with Crippen molar-refractivity contribution in [1.82, 2.24) is 4.98 Å². The summed E-state index contributed by atoms with van der Waals surface area (Å²) >= 11 is 1.31. The third-order valence-electron chi connectivity index (χ3n) is 4.22. The van der Waals surface area contributed by atoms with Gasteiger partial charge in [-0.25, -0.2) is 4.98 Å². The zero-order valence-corrected chi connectivity index (χ0v) is 16.4. The van der Waals surface area contributed by atoms with Gasteiger partial charge in [0.15, 0.2) is 5.13 Å². The van der Waals surface area contributed by atoms with Crippen molar-refractivity contribution in [1.29, 1.82) is 0 Å². The van der Waals surface area contributed by atoms with Gasteiger partial charge in [0.25, 0.3) is 0 Å². The van der Waals surface area contributed by atoms with E-state index in [1.165, 1.54) is 11.3 Å². The first kappa shape index (κ1) is 19.8. The summed E-state index contributed by atoms with van der Waals surface area (Å²) in [5.74, 6) is -0.477. The fourth-order valence-electron chi connectivity index (χ4n) is 2.96. The first-order valence-corrected chi connectivity index (χ1v) is 10.0. The molecule has 0 atom stereocenters. The van der Waals surface area contributed by atoms with Gasteiger partial charge in [0, 0.05) is 17.7 Å². The quantitative estimate of drug-likeness (QED) is 0.575. The molecule has 6 heteroatoms. The number of carbonyl (C=O) groups excluding carboxylic acids is 2. The third-order valence-corrected chi connectivity index (χ3v) is 5.03.